The highest BCUT2D eigenvalue weighted by Gasteiger charge is 2.19. The van der Waals surface area contributed by atoms with Crippen LogP contribution in [0.25, 0.3) is 0 Å². The number of nitrogens with one attached hydrogen (secondary N) is 2. The third-order valence-electron chi connectivity index (χ3n) is 2.50. The molecule has 7 nitrogen and oxygen atoms in total. The molecule has 0 fully saturated rings. The fraction of sp³-hybridized carbons (Fsp3) is 0.333. The van der Waals surface area contributed by atoms with Crippen LogP contribution in [-0.2, 0) is 14.8 Å². The van der Waals surface area contributed by atoms with Gasteiger partial charge in [-0.1, -0.05) is 0 Å². The summed E-state index contributed by atoms with van der Waals surface area (Å²) in [6.07, 6.45) is -0.0555. The number of carbonyl (C=O) groups is 2. The smallest absolute Gasteiger partial charge is 0.338 e. The monoisotopic (exact) mass is 318 g/mol. The van der Waals surface area contributed by atoms with Crippen LogP contribution in [0.3, 0.4) is 0 Å². The molecule has 0 radical (unpaired) electrons. The molecule has 1 rings (SSSR count). The summed E-state index contributed by atoms with van der Waals surface area (Å²) in [6.45, 7) is 2.02. The highest BCUT2D eigenvalue weighted by molar-refractivity contribution is 7.89. The summed E-state index contributed by atoms with van der Waals surface area (Å²) < 4.78 is 39.1. The van der Waals surface area contributed by atoms with Crippen molar-refractivity contribution in [2.75, 3.05) is 13.1 Å². The predicted octanol–water partition coefficient (Wildman–Crippen LogP) is 0.328. The molecule has 0 aromatic heterocycles. The molecule has 0 bridgehead atoms. The van der Waals surface area contributed by atoms with Gasteiger partial charge in [0.25, 0.3) is 0 Å². The number of carboxylic acid groups (broad SMARTS) is 1. The van der Waals surface area contributed by atoms with Gasteiger partial charge >= 0.3 is 5.97 Å². The van der Waals surface area contributed by atoms with E-state index in [-0.39, 0.29) is 23.8 Å². The van der Waals surface area contributed by atoms with E-state index in [1.165, 1.54) is 0 Å². The van der Waals surface area contributed by atoms with Crippen molar-refractivity contribution in [3.63, 3.8) is 0 Å². The summed E-state index contributed by atoms with van der Waals surface area (Å²) in [5, 5.41) is 11.3. The van der Waals surface area contributed by atoms with Crippen molar-refractivity contribution < 1.29 is 27.5 Å². The SMILES string of the molecule is CCNC(=O)CCNS(=O)(=O)c1ccc(F)c(C(=O)O)c1. The molecule has 21 heavy (non-hydrogen) atoms. The molecule has 116 valence electrons. The Morgan fingerprint density at radius 2 is 2.00 bits per heavy atom. The molecule has 0 unspecified atom stereocenters. The number of benzene rings is 1. The number of halogens is 1. The number of hydrogen-bond donors (Lipinski definition) is 3. The van der Waals surface area contributed by atoms with Gasteiger partial charge in [0.2, 0.25) is 15.9 Å². The Kier molecular flexibility index (Phi) is 5.79. The summed E-state index contributed by atoms with van der Waals surface area (Å²) in [5.41, 5.74) is -0.735. The van der Waals surface area contributed by atoms with Crippen LogP contribution in [0.15, 0.2) is 23.1 Å². The summed E-state index contributed by atoms with van der Waals surface area (Å²) in [6, 6.07) is 2.45. The standard InChI is InChI=1S/C12H15FN2O5S/c1-2-14-11(16)5-6-15-21(19,20)8-3-4-10(13)9(7-8)12(17)18/h3-4,7,15H,2,5-6H2,1H3,(H,14,16)(H,17,18). The van der Waals surface area contributed by atoms with Crippen LogP contribution in [0, 0.1) is 5.82 Å². The Bertz CT molecular complexity index is 645. The number of hydrogen-bond acceptors (Lipinski definition) is 4. The van der Waals surface area contributed by atoms with Crippen molar-refractivity contribution in [2.24, 2.45) is 0 Å². The summed E-state index contributed by atoms with van der Waals surface area (Å²) in [5.74, 6) is -2.90. The predicted molar refractivity (Wildman–Crippen MR) is 71.8 cm³/mol. The minimum atomic E-state index is -4.00. The van der Waals surface area contributed by atoms with Crippen LogP contribution in [0.4, 0.5) is 4.39 Å². The van der Waals surface area contributed by atoms with Crippen LogP contribution in [0.5, 0.6) is 0 Å². The Morgan fingerprint density at radius 3 is 2.57 bits per heavy atom. The topological polar surface area (TPSA) is 113 Å². The first-order chi connectivity index (χ1) is 9.77. The maximum absolute atomic E-state index is 13.2. The number of rotatable bonds is 7. The largest absolute Gasteiger partial charge is 0.478 e. The van der Waals surface area contributed by atoms with Crippen LogP contribution in [0.1, 0.15) is 23.7 Å². The van der Waals surface area contributed by atoms with E-state index < -0.39 is 27.4 Å². The highest BCUT2D eigenvalue weighted by atomic mass is 32.2. The average molecular weight is 318 g/mol. The van der Waals surface area contributed by atoms with Gasteiger partial charge < -0.3 is 10.4 Å². The molecule has 0 saturated carbocycles. The second kappa shape index (κ2) is 7.14. The molecule has 3 N–H and O–H groups in total. The second-order valence-electron chi connectivity index (χ2n) is 4.05. The Labute approximate surface area is 121 Å². The zero-order valence-corrected chi connectivity index (χ0v) is 12.0. The van der Waals surface area contributed by atoms with E-state index in [0.29, 0.717) is 6.54 Å². The molecule has 0 aliphatic carbocycles. The maximum Gasteiger partial charge on any atom is 0.338 e. The number of carboxylic acids is 1. The third kappa shape index (κ3) is 4.80. The molecule has 0 aliphatic heterocycles. The van der Waals surface area contributed by atoms with Crippen molar-refractivity contribution in [2.45, 2.75) is 18.2 Å². The molecule has 1 amide bonds. The first-order valence-electron chi connectivity index (χ1n) is 6.07. The Hall–Kier alpha value is -2.00. The van der Waals surface area contributed by atoms with Gasteiger partial charge in [0.15, 0.2) is 0 Å². The zero-order chi connectivity index (χ0) is 16.0. The van der Waals surface area contributed by atoms with Crippen molar-refractivity contribution in [1.82, 2.24) is 10.0 Å². The van der Waals surface area contributed by atoms with Crippen LogP contribution < -0.4 is 10.0 Å². The van der Waals surface area contributed by atoms with Crippen molar-refractivity contribution >= 4 is 21.9 Å². The maximum atomic E-state index is 13.2. The summed E-state index contributed by atoms with van der Waals surface area (Å²) >= 11 is 0. The van der Waals surface area contributed by atoms with E-state index in [4.69, 9.17) is 5.11 Å². The molecular weight excluding hydrogens is 303 g/mol. The lowest BCUT2D eigenvalue weighted by Crippen LogP contribution is -2.30. The summed E-state index contributed by atoms with van der Waals surface area (Å²) in [4.78, 5) is 21.6. The van der Waals surface area contributed by atoms with Crippen molar-refractivity contribution in [3.05, 3.63) is 29.6 Å². The van der Waals surface area contributed by atoms with Gasteiger partial charge in [0.05, 0.1) is 10.5 Å². The molecule has 0 saturated heterocycles. The normalized spacial score (nSPS) is 11.1. The molecule has 0 atom stereocenters. The first kappa shape index (κ1) is 17.1. The van der Waals surface area contributed by atoms with E-state index in [0.717, 1.165) is 18.2 Å². The summed E-state index contributed by atoms with van der Waals surface area (Å²) in [7, 11) is -4.00. The fourth-order valence-electron chi connectivity index (χ4n) is 1.50. The number of amides is 1. The molecular formula is C12H15FN2O5S. The van der Waals surface area contributed by atoms with Crippen LogP contribution in [0.2, 0.25) is 0 Å². The Morgan fingerprint density at radius 1 is 1.33 bits per heavy atom. The molecule has 1 aromatic carbocycles. The lowest BCUT2D eigenvalue weighted by Gasteiger charge is -2.08. The number of carbonyl (C=O) groups excluding carboxylic acids is 1. The number of sulfonamides is 1. The lowest BCUT2D eigenvalue weighted by molar-refractivity contribution is -0.120. The van der Waals surface area contributed by atoms with Crippen LogP contribution >= 0.6 is 0 Å². The van der Waals surface area contributed by atoms with Gasteiger partial charge in [-0.05, 0) is 25.1 Å². The van der Waals surface area contributed by atoms with Gasteiger partial charge in [-0.25, -0.2) is 22.3 Å². The van der Waals surface area contributed by atoms with E-state index in [1.807, 2.05) is 0 Å². The van der Waals surface area contributed by atoms with E-state index in [1.54, 1.807) is 6.92 Å². The quantitative estimate of drug-likeness (QED) is 0.670. The molecule has 0 spiro atoms. The van der Waals surface area contributed by atoms with E-state index in [2.05, 4.69) is 10.0 Å². The van der Waals surface area contributed by atoms with E-state index in [9.17, 15) is 22.4 Å². The third-order valence-corrected chi connectivity index (χ3v) is 3.96. The minimum absolute atomic E-state index is 0.0555. The molecule has 9 heteroatoms. The number of aromatic carboxylic acids is 1. The lowest BCUT2D eigenvalue weighted by atomic mass is 10.2. The van der Waals surface area contributed by atoms with Crippen molar-refractivity contribution in [1.29, 1.82) is 0 Å². The molecule has 0 aliphatic rings. The minimum Gasteiger partial charge on any atom is -0.478 e. The fourth-order valence-corrected chi connectivity index (χ4v) is 2.56. The molecule has 1 aromatic rings. The molecule has 0 heterocycles. The average Bonchev–Trinajstić information content (AvgIpc) is 2.38. The Balaban J connectivity index is 2.81. The van der Waals surface area contributed by atoms with Crippen LogP contribution in [-0.4, -0.2) is 38.5 Å². The second-order valence-corrected chi connectivity index (χ2v) is 5.82. The van der Waals surface area contributed by atoms with Crippen molar-refractivity contribution in [3.8, 4) is 0 Å². The van der Waals surface area contributed by atoms with Gasteiger partial charge in [-0.3, -0.25) is 4.79 Å². The first-order valence-corrected chi connectivity index (χ1v) is 7.55. The van der Waals surface area contributed by atoms with Gasteiger partial charge in [0.1, 0.15) is 5.82 Å². The highest BCUT2D eigenvalue weighted by Crippen LogP contribution is 2.15. The van der Waals surface area contributed by atoms with Gasteiger partial charge in [-0.2, -0.15) is 0 Å². The van der Waals surface area contributed by atoms with Gasteiger partial charge in [0, 0.05) is 19.5 Å². The zero-order valence-electron chi connectivity index (χ0n) is 11.2. The van der Waals surface area contributed by atoms with Gasteiger partial charge in [-0.15, -0.1) is 0 Å². The van der Waals surface area contributed by atoms with E-state index >= 15 is 0 Å².